The van der Waals surface area contributed by atoms with E-state index in [1.807, 2.05) is 0 Å². The summed E-state index contributed by atoms with van der Waals surface area (Å²) in [7, 11) is 0. The minimum absolute atomic E-state index is 0.822. The quantitative estimate of drug-likeness (QED) is 0.0880. The van der Waals surface area contributed by atoms with Crippen LogP contribution in [0.2, 0.25) is 0 Å². The highest BCUT2D eigenvalue weighted by Gasteiger charge is 2.61. The fraction of sp³-hybridized carbons (Fsp3) is 0.962. The van der Waals surface area contributed by atoms with Gasteiger partial charge in [-0.2, -0.15) is 0 Å². The van der Waals surface area contributed by atoms with Gasteiger partial charge in [-0.05, 0) is 0 Å². The summed E-state index contributed by atoms with van der Waals surface area (Å²) in [6.45, 7) is -2.85. The van der Waals surface area contributed by atoms with Gasteiger partial charge in [-0.3, -0.25) is 4.79 Å². The lowest BCUT2D eigenvalue weighted by molar-refractivity contribution is -0.443. The van der Waals surface area contributed by atoms with Gasteiger partial charge in [-0.1, -0.05) is 0 Å². The van der Waals surface area contributed by atoms with E-state index in [1.54, 1.807) is 0 Å². The van der Waals surface area contributed by atoms with Crippen LogP contribution < -0.4 is 5.32 Å². The van der Waals surface area contributed by atoms with E-state index < -0.39 is 155 Å². The minimum Gasteiger partial charge on any atom is -0.394 e. The fourth-order valence-corrected chi connectivity index (χ4v) is 5.99. The van der Waals surface area contributed by atoms with E-state index in [-0.39, 0.29) is 0 Å². The van der Waals surface area contributed by atoms with Crippen LogP contribution in [0.1, 0.15) is 6.92 Å². The molecular formula is C26H45NO22. The van der Waals surface area contributed by atoms with E-state index in [2.05, 4.69) is 5.32 Å². The lowest BCUT2D eigenvalue weighted by Crippen LogP contribution is -2.73. The molecule has 1 amide bonds. The number of carbonyl (C=O) groups excluding carboxylic acids is 1. The van der Waals surface area contributed by atoms with E-state index in [0.717, 1.165) is 6.92 Å². The molecule has 4 aliphatic rings. The maximum atomic E-state index is 12.1. The number of rotatable bonds is 11. The summed E-state index contributed by atoms with van der Waals surface area (Å²) >= 11 is 0. The van der Waals surface area contributed by atoms with Gasteiger partial charge in [-0.15, -0.1) is 0 Å². The first kappa shape index (κ1) is 40.4. The van der Waals surface area contributed by atoms with E-state index in [9.17, 15) is 76.3 Å². The molecule has 4 aliphatic heterocycles. The van der Waals surface area contributed by atoms with Crippen LogP contribution in [0.4, 0.5) is 0 Å². The summed E-state index contributed by atoms with van der Waals surface area (Å²) in [6, 6.07) is -1.76. The van der Waals surface area contributed by atoms with Crippen molar-refractivity contribution >= 4 is 5.91 Å². The van der Waals surface area contributed by atoms with E-state index >= 15 is 0 Å². The van der Waals surface area contributed by atoms with Gasteiger partial charge in [0.2, 0.25) is 11.7 Å². The normalized spacial score (nSPS) is 51.0. The second kappa shape index (κ2) is 16.5. The van der Waals surface area contributed by atoms with E-state index in [0.29, 0.717) is 0 Å². The second-order valence-corrected chi connectivity index (χ2v) is 12.1. The highest BCUT2D eigenvalue weighted by molar-refractivity contribution is 5.73. The Hall–Kier alpha value is -1.37. The third kappa shape index (κ3) is 8.02. The van der Waals surface area contributed by atoms with Gasteiger partial charge in [0.1, 0.15) is 91.5 Å². The monoisotopic (exact) mass is 723 g/mol. The number of ether oxygens (including phenoxy) is 7. The standard InChI is InChI=1S/C26H45NO22/c1-6(32)27-11-13(34)19(47-24-17(38)14(35)12(33)7(2-28)44-24)9(4-30)45-23(11)49-26(42)10(5-31)46-25(18(39)21(26)40)48-20-8(3-29)43-22(41)16(37)15(20)36/h7-25,28-31,33-42H,2-5H2,1H3,(H,27,32)/t7?,8?,9?,10?,11?,12-,13+,14-,15+,16?,17?,18?,19+,20+,21+,22?,23-,24-,25-,26+/m0/s1. The number of hydrogen-bond donors (Lipinski definition) is 15. The molecule has 0 radical (unpaired) electrons. The van der Waals surface area contributed by atoms with Crippen LogP contribution in [0.25, 0.3) is 0 Å². The maximum Gasteiger partial charge on any atom is 0.226 e. The molecule has 0 aromatic heterocycles. The van der Waals surface area contributed by atoms with Gasteiger partial charge < -0.3 is 110 Å². The van der Waals surface area contributed by atoms with Gasteiger partial charge in [-0.25, -0.2) is 0 Å². The number of hydrogen-bond acceptors (Lipinski definition) is 22. The summed E-state index contributed by atoms with van der Waals surface area (Å²) in [5.74, 6) is -3.98. The zero-order chi connectivity index (χ0) is 36.5. The van der Waals surface area contributed by atoms with Gasteiger partial charge in [0.25, 0.3) is 0 Å². The zero-order valence-electron chi connectivity index (χ0n) is 25.8. The molecule has 49 heavy (non-hydrogen) atoms. The molecular weight excluding hydrogens is 678 g/mol. The molecule has 23 nitrogen and oxygen atoms in total. The Morgan fingerprint density at radius 2 is 1.14 bits per heavy atom. The molecule has 0 aromatic rings. The highest BCUT2D eigenvalue weighted by Crippen LogP contribution is 2.38. The molecule has 20 atom stereocenters. The van der Waals surface area contributed by atoms with Crippen molar-refractivity contribution in [3.05, 3.63) is 0 Å². The van der Waals surface area contributed by atoms with Crippen LogP contribution in [0, 0.1) is 0 Å². The minimum atomic E-state index is -3.16. The summed E-state index contributed by atoms with van der Waals surface area (Å²) in [5.41, 5.74) is 0. The third-order valence-electron chi connectivity index (χ3n) is 8.75. The summed E-state index contributed by atoms with van der Waals surface area (Å²) < 4.78 is 37.9. The highest BCUT2D eigenvalue weighted by atomic mass is 16.8. The van der Waals surface area contributed by atoms with Crippen molar-refractivity contribution in [2.75, 3.05) is 26.4 Å². The van der Waals surface area contributed by atoms with Crippen LogP contribution in [0.15, 0.2) is 0 Å². The van der Waals surface area contributed by atoms with Crippen molar-refractivity contribution in [1.29, 1.82) is 0 Å². The Morgan fingerprint density at radius 3 is 1.69 bits per heavy atom. The van der Waals surface area contributed by atoms with Crippen molar-refractivity contribution in [3.63, 3.8) is 0 Å². The fourth-order valence-electron chi connectivity index (χ4n) is 5.99. The molecule has 4 rings (SSSR count). The van der Waals surface area contributed by atoms with E-state index in [4.69, 9.17) is 33.2 Å². The molecule has 286 valence electrons. The van der Waals surface area contributed by atoms with Gasteiger partial charge in [0.05, 0.1) is 26.4 Å². The van der Waals surface area contributed by atoms with Gasteiger partial charge >= 0.3 is 0 Å². The average molecular weight is 724 g/mol. The number of amides is 1. The van der Waals surface area contributed by atoms with Crippen molar-refractivity contribution in [1.82, 2.24) is 5.32 Å². The third-order valence-corrected chi connectivity index (χ3v) is 8.75. The van der Waals surface area contributed by atoms with E-state index in [1.165, 1.54) is 0 Å². The van der Waals surface area contributed by atoms with Crippen molar-refractivity contribution in [3.8, 4) is 0 Å². The molecule has 0 spiro atoms. The predicted octanol–water partition coefficient (Wildman–Crippen LogP) is -10.3. The first-order valence-electron chi connectivity index (χ1n) is 15.2. The van der Waals surface area contributed by atoms with Crippen LogP contribution in [-0.2, 0) is 38.0 Å². The van der Waals surface area contributed by atoms with Gasteiger partial charge in [0, 0.05) is 6.92 Å². The number of carbonyl (C=O) groups is 1. The van der Waals surface area contributed by atoms with Crippen LogP contribution in [0.5, 0.6) is 0 Å². The molecule has 4 saturated heterocycles. The first-order chi connectivity index (χ1) is 23.0. The zero-order valence-corrected chi connectivity index (χ0v) is 25.8. The average Bonchev–Trinajstić information content (AvgIpc) is 3.07. The lowest BCUT2D eigenvalue weighted by atomic mass is 9.92. The van der Waals surface area contributed by atoms with Crippen molar-refractivity contribution in [2.45, 2.75) is 129 Å². The Kier molecular flexibility index (Phi) is 13.6. The largest absolute Gasteiger partial charge is 0.394 e. The molecule has 4 fully saturated rings. The smallest absolute Gasteiger partial charge is 0.226 e. The first-order valence-corrected chi connectivity index (χ1v) is 15.2. The predicted molar refractivity (Wildman–Crippen MR) is 147 cm³/mol. The van der Waals surface area contributed by atoms with Crippen LogP contribution >= 0.6 is 0 Å². The molecule has 0 aromatic carbocycles. The number of aliphatic hydroxyl groups is 14. The molecule has 0 bridgehead atoms. The SMILES string of the molecule is CC(=O)NC1[C@H](O[C@]2(O)C(CO)O[C@@H](O[C@@H]3C(CO)OC(O)C(O)[C@H]3O)C(O)[C@H]2O)OC(CO)[C@@H](O[C@@H]2OC(CO)[C@H](O)[C@H](O)C2O)[C@@H]1O. The Labute approximate surface area is 276 Å². The Balaban J connectivity index is 1.55. The lowest BCUT2D eigenvalue weighted by Gasteiger charge is -2.52. The topological polar surface area (TPSA) is 377 Å². The Morgan fingerprint density at radius 1 is 0.612 bits per heavy atom. The molecule has 0 aliphatic carbocycles. The van der Waals surface area contributed by atoms with Crippen LogP contribution in [0.3, 0.4) is 0 Å². The molecule has 9 unspecified atom stereocenters. The Bertz CT molecular complexity index is 1070. The maximum absolute atomic E-state index is 12.1. The van der Waals surface area contributed by atoms with Crippen molar-refractivity contribution in [2.24, 2.45) is 0 Å². The number of aliphatic hydroxyl groups excluding tert-OH is 13. The summed E-state index contributed by atoms with van der Waals surface area (Å²) in [6.07, 6.45) is -34.1. The summed E-state index contributed by atoms with van der Waals surface area (Å²) in [4.78, 5) is 12.1. The molecule has 0 saturated carbocycles. The molecule has 23 heteroatoms. The molecule has 15 N–H and O–H groups in total. The van der Waals surface area contributed by atoms with Crippen molar-refractivity contribution < 1.29 is 109 Å². The van der Waals surface area contributed by atoms with Gasteiger partial charge in [0.15, 0.2) is 25.2 Å². The molecule has 4 heterocycles. The number of nitrogens with one attached hydrogen (secondary N) is 1. The summed E-state index contributed by atoms with van der Waals surface area (Å²) in [5, 5.41) is 147. The second-order valence-electron chi connectivity index (χ2n) is 12.1. The van der Waals surface area contributed by atoms with Crippen LogP contribution in [-0.4, -0.2) is 226 Å².